The van der Waals surface area contributed by atoms with Crippen LogP contribution in [0.2, 0.25) is 0 Å². The Kier molecular flexibility index (Phi) is 7.71. The molecule has 1 aliphatic heterocycles. The van der Waals surface area contributed by atoms with Crippen LogP contribution in [0.15, 0.2) is 157 Å². The number of fused-ring (bicyclic) bond motifs is 3. The highest BCUT2D eigenvalue weighted by Gasteiger charge is 2.23. The summed E-state index contributed by atoms with van der Waals surface area (Å²) >= 11 is 0. The Morgan fingerprint density at radius 2 is 1.51 bits per heavy atom. The van der Waals surface area contributed by atoms with Crippen molar-refractivity contribution in [2.75, 3.05) is 0 Å². The van der Waals surface area contributed by atoms with E-state index in [1.807, 2.05) is 48.8 Å². The van der Waals surface area contributed by atoms with Crippen LogP contribution in [0.4, 0.5) is 0 Å². The molecule has 6 nitrogen and oxygen atoms in total. The van der Waals surface area contributed by atoms with Crippen LogP contribution in [-0.4, -0.2) is 25.2 Å². The van der Waals surface area contributed by atoms with Gasteiger partial charge in [-0.1, -0.05) is 97.1 Å². The summed E-state index contributed by atoms with van der Waals surface area (Å²) in [6, 6.07) is 39.8. The molecule has 7 aromatic rings. The number of allylic oxidation sites excluding steroid dienone is 5. The van der Waals surface area contributed by atoms with E-state index in [1.165, 1.54) is 16.5 Å². The molecule has 1 unspecified atom stereocenters. The molecule has 4 aromatic carbocycles. The van der Waals surface area contributed by atoms with Crippen LogP contribution in [-0.2, 0) is 0 Å². The first-order valence-corrected chi connectivity index (χ1v) is 17.3. The number of rotatable bonds is 6. The molecule has 1 atom stereocenters. The van der Waals surface area contributed by atoms with Crippen molar-refractivity contribution in [2.24, 2.45) is 4.99 Å². The van der Waals surface area contributed by atoms with Crippen LogP contribution < -0.4 is 0 Å². The molecule has 0 saturated heterocycles. The minimum absolute atomic E-state index is 0.168. The van der Waals surface area contributed by atoms with Crippen molar-refractivity contribution in [3.8, 4) is 39.8 Å². The Hall–Kier alpha value is -6.71. The van der Waals surface area contributed by atoms with Gasteiger partial charge in [-0.05, 0) is 72.4 Å². The lowest BCUT2D eigenvalue weighted by Crippen LogP contribution is -2.11. The topological polar surface area (TPSA) is 79.8 Å². The van der Waals surface area contributed by atoms with Crippen LogP contribution in [0.25, 0.3) is 61.2 Å². The summed E-state index contributed by atoms with van der Waals surface area (Å²) in [7, 11) is 0. The third-order valence-corrected chi connectivity index (χ3v) is 9.79. The van der Waals surface area contributed by atoms with Crippen molar-refractivity contribution in [1.82, 2.24) is 19.5 Å². The summed E-state index contributed by atoms with van der Waals surface area (Å²) in [5.74, 6) is 0.659. The monoisotopic (exact) mass is 656 g/mol. The summed E-state index contributed by atoms with van der Waals surface area (Å²) in [5.41, 5.74) is 11.9. The SMILES string of the molecule is N#Cc1ccc2c(c1)c1ccccc1n2C1C=CC(c2ccc(-c3nc(C4=NC=CCC4)c(-c4ccccc4)c(-c4cccnc4)n3)cc2)=CC1. The van der Waals surface area contributed by atoms with Crippen LogP contribution in [0.5, 0.6) is 0 Å². The molecule has 3 aromatic heterocycles. The fraction of sp³-hybridized carbons (Fsp3) is 0.0889. The zero-order chi connectivity index (χ0) is 34.1. The van der Waals surface area contributed by atoms with E-state index in [1.54, 1.807) is 6.20 Å². The van der Waals surface area contributed by atoms with Gasteiger partial charge in [-0.3, -0.25) is 9.98 Å². The van der Waals surface area contributed by atoms with Crippen LogP contribution >= 0.6 is 0 Å². The fourth-order valence-corrected chi connectivity index (χ4v) is 7.33. The molecule has 51 heavy (non-hydrogen) atoms. The number of benzene rings is 4. The second-order valence-electron chi connectivity index (χ2n) is 12.9. The van der Waals surface area contributed by atoms with Gasteiger partial charge in [-0.15, -0.1) is 0 Å². The number of hydrogen-bond acceptors (Lipinski definition) is 5. The minimum Gasteiger partial charge on any atom is -0.333 e. The van der Waals surface area contributed by atoms with E-state index >= 15 is 0 Å². The van der Waals surface area contributed by atoms with E-state index in [4.69, 9.17) is 15.0 Å². The number of para-hydroxylation sites is 1. The second-order valence-corrected chi connectivity index (χ2v) is 12.9. The molecule has 2 aliphatic rings. The number of hydrogen-bond donors (Lipinski definition) is 0. The lowest BCUT2D eigenvalue weighted by atomic mass is 9.93. The summed E-state index contributed by atoms with van der Waals surface area (Å²) in [5, 5.41) is 11.8. The van der Waals surface area contributed by atoms with Gasteiger partial charge in [0.2, 0.25) is 0 Å². The number of nitriles is 1. The molecule has 9 rings (SSSR count). The first kappa shape index (κ1) is 30.4. The highest BCUT2D eigenvalue weighted by molar-refractivity contribution is 6.09. The molecule has 0 saturated carbocycles. The Morgan fingerprint density at radius 3 is 2.27 bits per heavy atom. The second kappa shape index (κ2) is 13.0. The van der Waals surface area contributed by atoms with Crippen molar-refractivity contribution < 1.29 is 0 Å². The quantitative estimate of drug-likeness (QED) is 0.178. The maximum atomic E-state index is 9.53. The first-order chi connectivity index (χ1) is 25.2. The van der Waals surface area contributed by atoms with Crippen molar-refractivity contribution in [3.63, 3.8) is 0 Å². The van der Waals surface area contributed by atoms with Gasteiger partial charge in [0.1, 0.15) is 0 Å². The van der Waals surface area contributed by atoms with E-state index in [9.17, 15) is 5.26 Å². The predicted octanol–water partition coefficient (Wildman–Crippen LogP) is 10.5. The molecule has 6 heteroatoms. The molecule has 4 heterocycles. The average molecular weight is 657 g/mol. The number of aliphatic imine (C=N–C) groups is 1. The zero-order valence-corrected chi connectivity index (χ0v) is 27.8. The van der Waals surface area contributed by atoms with Gasteiger partial charge < -0.3 is 4.57 Å². The predicted molar refractivity (Wildman–Crippen MR) is 206 cm³/mol. The van der Waals surface area contributed by atoms with E-state index in [0.29, 0.717) is 11.4 Å². The number of nitrogens with zero attached hydrogens (tertiary/aromatic N) is 6. The molecule has 0 amide bonds. The third kappa shape index (κ3) is 5.55. The minimum atomic E-state index is 0.168. The standard InChI is InChI=1S/C45H32N6/c46-28-30-15-24-41-38(27-30)37-12-4-5-14-40(37)51(41)36-22-20-32(21-23-36)31-16-18-34(19-17-31)45-49-43(35-11-8-25-47-29-35)42(33-9-2-1-3-10-33)44(50-45)39-13-6-7-26-48-39/h1-5,7-12,14-22,24-27,29,36H,6,13,23H2. The largest absolute Gasteiger partial charge is 0.333 e. The molecular weight excluding hydrogens is 625 g/mol. The van der Waals surface area contributed by atoms with Crippen molar-refractivity contribution in [1.29, 1.82) is 5.26 Å². The summed E-state index contributed by atoms with van der Waals surface area (Å²) in [6.45, 7) is 0. The van der Waals surface area contributed by atoms with Crippen molar-refractivity contribution >= 4 is 33.1 Å². The summed E-state index contributed by atoms with van der Waals surface area (Å²) < 4.78 is 2.40. The van der Waals surface area contributed by atoms with Crippen molar-refractivity contribution in [3.05, 3.63) is 169 Å². The molecule has 1 aliphatic carbocycles. The van der Waals surface area contributed by atoms with Gasteiger partial charge in [0.25, 0.3) is 0 Å². The third-order valence-electron chi connectivity index (χ3n) is 9.79. The van der Waals surface area contributed by atoms with Crippen LogP contribution in [0.1, 0.15) is 42.1 Å². The molecule has 0 spiro atoms. The lowest BCUT2D eigenvalue weighted by Gasteiger charge is -2.21. The van der Waals surface area contributed by atoms with Gasteiger partial charge in [-0.25, -0.2) is 9.97 Å². The van der Waals surface area contributed by atoms with Crippen LogP contribution in [0.3, 0.4) is 0 Å². The molecule has 0 bridgehead atoms. The normalized spacial score (nSPS) is 15.5. The summed E-state index contributed by atoms with van der Waals surface area (Å²) in [4.78, 5) is 19.7. The van der Waals surface area contributed by atoms with E-state index in [0.717, 1.165) is 75.1 Å². The first-order valence-electron chi connectivity index (χ1n) is 17.3. The molecular formula is C45H32N6. The van der Waals surface area contributed by atoms with Gasteiger partial charge >= 0.3 is 0 Å². The van der Waals surface area contributed by atoms with E-state index < -0.39 is 0 Å². The molecule has 0 N–H and O–H groups in total. The van der Waals surface area contributed by atoms with Crippen LogP contribution in [0, 0.1) is 11.3 Å². The molecule has 0 radical (unpaired) electrons. The maximum absolute atomic E-state index is 9.53. The highest BCUT2D eigenvalue weighted by Crippen LogP contribution is 2.38. The Labute approximate surface area is 296 Å². The molecule has 242 valence electrons. The Balaban J connectivity index is 1.07. The Bertz CT molecular complexity index is 2600. The lowest BCUT2D eigenvalue weighted by molar-refractivity contribution is 0.649. The van der Waals surface area contributed by atoms with Crippen molar-refractivity contribution in [2.45, 2.75) is 25.3 Å². The summed E-state index contributed by atoms with van der Waals surface area (Å²) in [6.07, 6.45) is 17.1. The van der Waals surface area contributed by atoms with Gasteiger partial charge in [0.05, 0.1) is 34.8 Å². The average Bonchev–Trinajstić information content (AvgIpc) is 3.55. The van der Waals surface area contributed by atoms with E-state index in [2.05, 4.69) is 113 Å². The maximum Gasteiger partial charge on any atom is 0.160 e. The highest BCUT2D eigenvalue weighted by atomic mass is 15.0. The number of pyridine rings is 1. The molecule has 0 fully saturated rings. The smallest absolute Gasteiger partial charge is 0.160 e. The zero-order valence-electron chi connectivity index (χ0n) is 27.8. The van der Waals surface area contributed by atoms with Gasteiger partial charge in [0.15, 0.2) is 5.82 Å². The van der Waals surface area contributed by atoms with E-state index in [-0.39, 0.29) is 6.04 Å². The number of aromatic nitrogens is 4. The fourth-order valence-electron chi connectivity index (χ4n) is 7.33. The Morgan fingerprint density at radius 1 is 0.725 bits per heavy atom. The van der Waals surface area contributed by atoms with Gasteiger partial charge in [0, 0.05) is 57.1 Å². The van der Waals surface area contributed by atoms with Gasteiger partial charge in [-0.2, -0.15) is 5.26 Å².